The Labute approximate surface area is 102 Å². The van der Waals surface area contributed by atoms with Crippen LogP contribution in [0.3, 0.4) is 0 Å². The van der Waals surface area contributed by atoms with Crippen LogP contribution in [-0.4, -0.2) is 22.3 Å². The van der Waals surface area contributed by atoms with E-state index in [4.69, 9.17) is 4.74 Å². The molecule has 0 N–H and O–H groups in total. The fraction of sp³-hybridized carbons (Fsp3) is 0.692. The Balaban J connectivity index is 2.17. The van der Waals surface area contributed by atoms with Gasteiger partial charge in [-0.05, 0) is 12.8 Å². The van der Waals surface area contributed by atoms with Gasteiger partial charge in [0.05, 0.1) is 24.7 Å². The Hall–Kier alpha value is -1.16. The summed E-state index contributed by atoms with van der Waals surface area (Å²) in [4.78, 5) is 16.3. The normalized spacial score (nSPS) is 20.8. The Bertz CT molecular complexity index is 439. The van der Waals surface area contributed by atoms with Gasteiger partial charge < -0.3 is 4.74 Å². The first-order valence-electron chi connectivity index (χ1n) is 6.15. The van der Waals surface area contributed by atoms with E-state index in [9.17, 15) is 4.79 Å². The first-order chi connectivity index (χ1) is 7.97. The van der Waals surface area contributed by atoms with Gasteiger partial charge in [-0.1, -0.05) is 20.8 Å². The lowest BCUT2D eigenvalue weighted by Crippen LogP contribution is -2.28. The first kappa shape index (κ1) is 12.3. The Morgan fingerprint density at radius 3 is 2.82 bits per heavy atom. The van der Waals surface area contributed by atoms with Crippen molar-refractivity contribution >= 4 is 0 Å². The van der Waals surface area contributed by atoms with Crippen molar-refractivity contribution in [3.63, 3.8) is 0 Å². The lowest BCUT2D eigenvalue weighted by atomic mass is 9.92. The van der Waals surface area contributed by atoms with Crippen molar-refractivity contribution in [2.45, 2.75) is 51.7 Å². The maximum absolute atomic E-state index is 11.9. The first-order valence-corrected chi connectivity index (χ1v) is 6.15. The third kappa shape index (κ3) is 2.94. The minimum absolute atomic E-state index is 0.0143. The molecular weight excluding hydrogens is 216 g/mol. The number of hydrogen-bond acceptors (Lipinski definition) is 3. The van der Waals surface area contributed by atoms with E-state index in [0.717, 1.165) is 25.1 Å². The maximum Gasteiger partial charge on any atom is 0.253 e. The van der Waals surface area contributed by atoms with Crippen LogP contribution in [-0.2, 0) is 16.7 Å². The minimum atomic E-state index is -0.0812. The Morgan fingerprint density at radius 2 is 2.29 bits per heavy atom. The molecule has 0 aliphatic carbocycles. The van der Waals surface area contributed by atoms with Gasteiger partial charge in [0, 0.05) is 18.1 Å². The zero-order valence-electron chi connectivity index (χ0n) is 10.8. The van der Waals surface area contributed by atoms with Crippen molar-refractivity contribution in [1.29, 1.82) is 0 Å². The molecule has 2 rings (SSSR count). The molecule has 1 aliphatic heterocycles. The molecule has 1 aliphatic rings. The highest BCUT2D eigenvalue weighted by molar-refractivity contribution is 5.10. The van der Waals surface area contributed by atoms with E-state index in [1.54, 1.807) is 17.0 Å². The second kappa shape index (κ2) is 4.61. The Morgan fingerprint density at radius 1 is 1.53 bits per heavy atom. The summed E-state index contributed by atoms with van der Waals surface area (Å²) in [6.07, 6.45) is 3.94. The van der Waals surface area contributed by atoms with Crippen molar-refractivity contribution in [3.8, 4) is 0 Å². The largest absolute Gasteiger partial charge is 0.376 e. The summed E-state index contributed by atoms with van der Waals surface area (Å²) in [5.74, 6) is 0. The third-order valence-corrected chi connectivity index (χ3v) is 3.07. The summed E-state index contributed by atoms with van der Waals surface area (Å²) in [6, 6.07) is 1.63. The summed E-state index contributed by atoms with van der Waals surface area (Å²) >= 11 is 0. The lowest BCUT2D eigenvalue weighted by molar-refractivity contribution is 0.0958. The smallest absolute Gasteiger partial charge is 0.253 e. The lowest BCUT2D eigenvalue weighted by Gasteiger charge is -2.18. The zero-order chi connectivity index (χ0) is 12.5. The van der Waals surface area contributed by atoms with Gasteiger partial charge in [-0.15, -0.1) is 0 Å². The van der Waals surface area contributed by atoms with Gasteiger partial charge in [0.1, 0.15) is 0 Å². The van der Waals surface area contributed by atoms with E-state index in [1.165, 1.54) is 0 Å². The zero-order valence-corrected chi connectivity index (χ0v) is 10.8. The van der Waals surface area contributed by atoms with Crippen molar-refractivity contribution in [1.82, 2.24) is 9.55 Å². The van der Waals surface area contributed by atoms with E-state index in [-0.39, 0.29) is 17.1 Å². The number of ether oxygens (including phenoxy) is 1. The summed E-state index contributed by atoms with van der Waals surface area (Å²) in [5.41, 5.74) is 0.772. The van der Waals surface area contributed by atoms with Crippen LogP contribution in [0.5, 0.6) is 0 Å². The molecule has 1 fully saturated rings. The maximum atomic E-state index is 11.9. The summed E-state index contributed by atoms with van der Waals surface area (Å²) in [7, 11) is 0. The molecule has 0 saturated carbocycles. The third-order valence-electron chi connectivity index (χ3n) is 3.07. The molecule has 1 saturated heterocycles. The topological polar surface area (TPSA) is 44.1 Å². The molecule has 0 amide bonds. The van der Waals surface area contributed by atoms with Crippen LogP contribution in [0, 0.1) is 0 Å². The fourth-order valence-corrected chi connectivity index (χ4v) is 1.98. The molecule has 0 radical (unpaired) electrons. The van der Waals surface area contributed by atoms with E-state index in [1.807, 2.05) is 0 Å². The second-order valence-corrected chi connectivity index (χ2v) is 5.65. The number of nitrogens with zero attached hydrogens (tertiary/aromatic N) is 2. The predicted octanol–water partition coefficient (Wildman–Crippen LogP) is 1.72. The molecule has 94 valence electrons. The van der Waals surface area contributed by atoms with Gasteiger partial charge in [-0.3, -0.25) is 9.36 Å². The van der Waals surface area contributed by atoms with Crippen LogP contribution in [0.4, 0.5) is 0 Å². The van der Waals surface area contributed by atoms with E-state index >= 15 is 0 Å². The monoisotopic (exact) mass is 236 g/mol. The average Bonchev–Trinajstić information content (AvgIpc) is 2.72. The van der Waals surface area contributed by atoms with Gasteiger partial charge in [-0.2, -0.15) is 0 Å². The van der Waals surface area contributed by atoms with Crippen LogP contribution < -0.4 is 5.56 Å². The Kier molecular flexibility index (Phi) is 3.33. The highest BCUT2D eigenvalue weighted by Crippen LogP contribution is 2.18. The van der Waals surface area contributed by atoms with Gasteiger partial charge in [0.25, 0.3) is 5.56 Å². The van der Waals surface area contributed by atoms with Crippen molar-refractivity contribution < 1.29 is 4.74 Å². The molecule has 0 bridgehead atoms. The van der Waals surface area contributed by atoms with Crippen molar-refractivity contribution in [2.75, 3.05) is 6.61 Å². The average molecular weight is 236 g/mol. The number of aromatic nitrogens is 2. The predicted molar refractivity (Wildman–Crippen MR) is 66.2 cm³/mol. The number of hydrogen-bond donors (Lipinski definition) is 0. The highest BCUT2D eigenvalue weighted by atomic mass is 16.5. The molecule has 4 nitrogen and oxygen atoms in total. The van der Waals surface area contributed by atoms with Gasteiger partial charge in [0.15, 0.2) is 0 Å². The highest BCUT2D eigenvalue weighted by Gasteiger charge is 2.19. The SMILES string of the molecule is CC(C)(C)c1cc(=O)n(CC2CCCO2)cn1. The van der Waals surface area contributed by atoms with Crippen LogP contribution >= 0.6 is 0 Å². The van der Waals surface area contributed by atoms with E-state index < -0.39 is 0 Å². The van der Waals surface area contributed by atoms with E-state index in [2.05, 4.69) is 25.8 Å². The fourth-order valence-electron chi connectivity index (χ4n) is 1.98. The van der Waals surface area contributed by atoms with Crippen LogP contribution in [0.1, 0.15) is 39.3 Å². The molecule has 4 heteroatoms. The van der Waals surface area contributed by atoms with Crippen LogP contribution in [0.25, 0.3) is 0 Å². The second-order valence-electron chi connectivity index (χ2n) is 5.65. The standard InChI is InChI=1S/C13H20N2O2/c1-13(2,3)11-7-12(16)15(9-14-11)8-10-5-4-6-17-10/h7,9-10H,4-6,8H2,1-3H3. The minimum Gasteiger partial charge on any atom is -0.376 e. The van der Waals surface area contributed by atoms with Gasteiger partial charge in [-0.25, -0.2) is 4.98 Å². The molecule has 17 heavy (non-hydrogen) atoms. The van der Waals surface area contributed by atoms with Gasteiger partial charge in [0.2, 0.25) is 0 Å². The van der Waals surface area contributed by atoms with Crippen LogP contribution in [0.15, 0.2) is 17.2 Å². The summed E-state index contributed by atoms with van der Waals surface area (Å²) < 4.78 is 7.17. The molecule has 1 aromatic rings. The van der Waals surface area contributed by atoms with Crippen molar-refractivity contribution in [3.05, 3.63) is 28.4 Å². The molecule has 0 spiro atoms. The molecule has 1 aromatic heterocycles. The summed E-state index contributed by atoms with van der Waals surface area (Å²) in [6.45, 7) is 7.60. The molecule has 1 atom stereocenters. The molecule has 0 aromatic carbocycles. The van der Waals surface area contributed by atoms with Crippen LogP contribution in [0.2, 0.25) is 0 Å². The number of rotatable bonds is 2. The molecular formula is C13H20N2O2. The quantitative estimate of drug-likeness (QED) is 0.785. The molecule has 1 unspecified atom stereocenters. The van der Waals surface area contributed by atoms with E-state index in [0.29, 0.717) is 6.54 Å². The van der Waals surface area contributed by atoms with Gasteiger partial charge >= 0.3 is 0 Å². The van der Waals surface area contributed by atoms with Crippen molar-refractivity contribution in [2.24, 2.45) is 0 Å². The molecule has 2 heterocycles. The summed E-state index contributed by atoms with van der Waals surface area (Å²) in [5, 5.41) is 0.